The molecule has 3 aromatic rings. The first-order valence-electron chi connectivity index (χ1n) is 11.2. The van der Waals surface area contributed by atoms with Crippen LogP contribution < -0.4 is 21.3 Å². The molecule has 0 spiro atoms. The highest BCUT2D eigenvalue weighted by atomic mass is 16.1. The van der Waals surface area contributed by atoms with Gasteiger partial charge < -0.3 is 21.3 Å². The number of hydrogen-bond acceptors (Lipinski definition) is 6. The van der Waals surface area contributed by atoms with Crippen molar-refractivity contribution in [1.82, 2.24) is 15.3 Å². The number of carbonyl (C=O) groups is 1. The molecule has 0 saturated carbocycles. The summed E-state index contributed by atoms with van der Waals surface area (Å²) in [5.41, 5.74) is 11.7. The van der Waals surface area contributed by atoms with Crippen molar-refractivity contribution in [1.29, 1.82) is 0 Å². The fourth-order valence-electron chi connectivity index (χ4n) is 4.61. The lowest BCUT2D eigenvalue weighted by atomic mass is 9.93. The van der Waals surface area contributed by atoms with Crippen LogP contribution in [0.15, 0.2) is 48.8 Å². The molecule has 7 nitrogen and oxygen atoms in total. The second kappa shape index (κ2) is 8.96. The van der Waals surface area contributed by atoms with Gasteiger partial charge in [0.1, 0.15) is 11.6 Å². The summed E-state index contributed by atoms with van der Waals surface area (Å²) >= 11 is 0. The Morgan fingerprint density at radius 2 is 1.91 bits per heavy atom. The molecule has 1 aromatic carbocycles. The van der Waals surface area contributed by atoms with Crippen LogP contribution in [-0.2, 0) is 19.5 Å². The minimum atomic E-state index is -0.487. The summed E-state index contributed by atoms with van der Waals surface area (Å²) in [6.45, 7) is 4.47. The second-order valence-corrected chi connectivity index (χ2v) is 8.43. The largest absolute Gasteiger partial charge is 0.365 e. The Kier molecular flexibility index (Phi) is 5.73. The molecule has 2 aromatic heterocycles. The van der Waals surface area contributed by atoms with Crippen LogP contribution in [0.2, 0.25) is 0 Å². The number of nitrogens with one attached hydrogen (secondary N) is 2. The maximum atomic E-state index is 12.5. The average Bonchev–Trinajstić information content (AvgIpc) is 3.37. The highest BCUT2D eigenvalue weighted by molar-refractivity contribution is 6.04. The normalized spacial score (nSPS) is 15.4. The minimum absolute atomic E-state index is 0.421. The summed E-state index contributed by atoms with van der Waals surface area (Å²) in [6.07, 6.45) is 7.00. The molecule has 0 aliphatic carbocycles. The molecule has 164 valence electrons. The third-order valence-electron chi connectivity index (χ3n) is 6.30. The third kappa shape index (κ3) is 4.16. The highest BCUT2D eigenvalue weighted by Gasteiger charge is 2.19. The van der Waals surface area contributed by atoms with E-state index in [9.17, 15) is 4.79 Å². The summed E-state index contributed by atoms with van der Waals surface area (Å²) in [5.74, 6) is 1.02. The van der Waals surface area contributed by atoms with Gasteiger partial charge in [-0.25, -0.2) is 9.97 Å². The maximum absolute atomic E-state index is 12.5. The Balaban J connectivity index is 1.42. The number of fused-ring (bicyclic) bond motifs is 1. The standard InChI is InChI=1S/C25H28N6O/c26-24(32)23-21(19-4-3-18-6-8-27-16-20(18)14-19)7-10-29-25(23)30-15-17-5-9-28-22(13-17)31-11-1-2-12-31/h3-5,7,9-10,13-14,27H,1-2,6,8,11-12,15-16H2,(H2,26,32)(H,29,30). The summed E-state index contributed by atoms with van der Waals surface area (Å²) in [5, 5.41) is 6.74. The fraction of sp³-hybridized carbons (Fsp3) is 0.320. The molecule has 1 amide bonds. The van der Waals surface area contributed by atoms with Gasteiger partial charge in [-0.15, -0.1) is 0 Å². The summed E-state index contributed by atoms with van der Waals surface area (Å²) in [7, 11) is 0. The molecule has 0 atom stereocenters. The Hall–Kier alpha value is -3.45. The van der Waals surface area contributed by atoms with Crippen LogP contribution in [0.3, 0.4) is 0 Å². The zero-order valence-electron chi connectivity index (χ0n) is 18.1. The van der Waals surface area contributed by atoms with E-state index in [0.29, 0.717) is 17.9 Å². The van der Waals surface area contributed by atoms with Crippen molar-refractivity contribution in [2.45, 2.75) is 32.4 Å². The first-order valence-corrected chi connectivity index (χ1v) is 11.2. The van der Waals surface area contributed by atoms with Gasteiger partial charge in [0.15, 0.2) is 0 Å². The molecule has 2 aliphatic rings. The number of nitrogens with two attached hydrogens (primary N) is 1. The van der Waals surface area contributed by atoms with Gasteiger partial charge in [0.25, 0.3) is 5.91 Å². The molecule has 32 heavy (non-hydrogen) atoms. The predicted octanol–water partition coefficient (Wildman–Crippen LogP) is 3.10. The predicted molar refractivity (Wildman–Crippen MR) is 127 cm³/mol. The van der Waals surface area contributed by atoms with Crippen LogP contribution in [0.5, 0.6) is 0 Å². The SMILES string of the molecule is NC(=O)c1c(-c2ccc3c(c2)CNCC3)ccnc1NCc1ccnc(N2CCCC2)c1. The van der Waals surface area contributed by atoms with Gasteiger partial charge in [0.2, 0.25) is 0 Å². The van der Waals surface area contributed by atoms with E-state index in [2.05, 4.69) is 49.8 Å². The number of primary amides is 1. The Labute approximate surface area is 188 Å². The van der Waals surface area contributed by atoms with Gasteiger partial charge in [-0.1, -0.05) is 12.1 Å². The lowest BCUT2D eigenvalue weighted by Crippen LogP contribution is -2.23. The number of carbonyl (C=O) groups excluding carboxylic acids is 1. The van der Waals surface area contributed by atoms with Crippen molar-refractivity contribution < 1.29 is 4.79 Å². The Bertz CT molecular complexity index is 1140. The first kappa shape index (κ1) is 20.5. The number of hydrogen-bond donors (Lipinski definition) is 3. The lowest BCUT2D eigenvalue weighted by Gasteiger charge is -2.19. The molecule has 1 saturated heterocycles. The number of benzene rings is 1. The zero-order valence-corrected chi connectivity index (χ0v) is 18.1. The number of anilines is 2. The van der Waals surface area contributed by atoms with Crippen LogP contribution >= 0.6 is 0 Å². The number of pyridine rings is 2. The quantitative estimate of drug-likeness (QED) is 0.558. The van der Waals surface area contributed by atoms with Crippen molar-refractivity contribution in [2.24, 2.45) is 5.73 Å². The van der Waals surface area contributed by atoms with Gasteiger partial charge in [0.05, 0.1) is 5.56 Å². The molecule has 0 unspecified atom stereocenters. The van der Waals surface area contributed by atoms with Crippen molar-refractivity contribution in [3.63, 3.8) is 0 Å². The average molecular weight is 429 g/mol. The molecule has 4 N–H and O–H groups in total. The van der Waals surface area contributed by atoms with Crippen LogP contribution in [0.1, 0.15) is 39.9 Å². The molecular weight excluding hydrogens is 400 g/mol. The van der Waals surface area contributed by atoms with Gasteiger partial charge in [-0.05, 0) is 77.9 Å². The molecule has 0 radical (unpaired) electrons. The molecule has 4 heterocycles. The van der Waals surface area contributed by atoms with Crippen LogP contribution in [0.4, 0.5) is 11.6 Å². The first-order chi connectivity index (χ1) is 15.7. The third-order valence-corrected chi connectivity index (χ3v) is 6.30. The van der Waals surface area contributed by atoms with Gasteiger partial charge >= 0.3 is 0 Å². The number of amides is 1. The Morgan fingerprint density at radius 1 is 1.06 bits per heavy atom. The van der Waals surface area contributed by atoms with Crippen LogP contribution in [-0.4, -0.2) is 35.5 Å². The van der Waals surface area contributed by atoms with E-state index >= 15 is 0 Å². The number of aromatic nitrogens is 2. The fourth-order valence-corrected chi connectivity index (χ4v) is 4.61. The van der Waals surface area contributed by atoms with Gasteiger partial charge in [0, 0.05) is 38.6 Å². The number of rotatable bonds is 6. The summed E-state index contributed by atoms with van der Waals surface area (Å²) in [6, 6.07) is 12.3. The smallest absolute Gasteiger partial charge is 0.253 e. The van der Waals surface area contributed by atoms with E-state index in [0.717, 1.165) is 55.1 Å². The highest BCUT2D eigenvalue weighted by Crippen LogP contribution is 2.30. The van der Waals surface area contributed by atoms with E-state index in [1.54, 1.807) is 6.20 Å². The van der Waals surface area contributed by atoms with Gasteiger partial charge in [-0.2, -0.15) is 0 Å². The maximum Gasteiger partial charge on any atom is 0.253 e. The van der Waals surface area contributed by atoms with E-state index in [4.69, 9.17) is 5.73 Å². The molecular formula is C25H28N6O. The molecule has 2 aliphatic heterocycles. The molecule has 7 heteroatoms. The molecule has 5 rings (SSSR count). The zero-order chi connectivity index (χ0) is 21.9. The molecule has 1 fully saturated rings. The van der Waals surface area contributed by atoms with E-state index in [-0.39, 0.29) is 0 Å². The topological polar surface area (TPSA) is 96.2 Å². The second-order valence-electron chi connectivity index (χ2n) is 8.43. The van der Waals surface area contributed by atoms with Crippen LogP contribution in [0.25, 0.3) is 11.1 Å². The summed E-state index contributed by atoms with van der Waals surface area (Å²) < 4.78 is 0. The van der Waals surface area contributed by atoms with Crippen molar-refractivity contribution in [3.05, 3.63) is 71.0 Å². The van der Waals surface area contributed by atoms with E-state index < -0.39 is 5.91 Å². The number of nitrogens with zero attached hydrogens (tertiary/aromatic N) is 3. The lowest BCUT2D eigenvalue weighted by molar-refractivity contribution is 0.100. The molecule has 0 bridgehead atoms. The van der Waals surface area contributed by atoms with Crippen molar-refractivity contribution in [2.75, 3.05) is 29.9 Å². The van der Waals surface area contributed by atoms with Crippen molar-refractivity contribution >= 4 is 17.5 Å². The van der Waals surface area contributed by atoms with E-state index in [1.165, 1.54) is 24.0 Å². The Morgan fingerprint density at radius 3 is 2.75 bits per heavy atom. The monoisotopic (exact) mass is 428 g/mol. The minimum Gasteiger partial charge on any atom is -0.365 e. The van der Waals surface area contributed by atoms with Gasteiger partial charge in [-0.3, -0.25) is 4.79 Å². The van der Waals surface area contributed by atoms with E-state index in [1.807, 2.05) is 18.3 Å². The van der Waals surface area contributed by atoms with Crippen molar-refractivity contribution in [3.8, 4) is 11.1 Å². The van der Waals surface area contributed by atoms with Crippen LogP contribution in [0, 0.1) is 0 Å². The summed E-state index contributed by atoms with van der Waals surface area (Å²) in [4.78, 5) is 23.7.